The summed E-state index contributed by atoms with van der Waals surface area (Å²) >= 11 is 0. The smallest absolute Gasteiger partial charge is 0.367 e. The van der Waals surface area contributed by atoms with Crippen LogP contribution in [0, 0.1) is 0 Å². The molecule has 0 aromatic rings. The molecule has 13 heavy (non-hydrogen) atoms. The van der Waals surface area contributed by atoms with Crippen molar-refractivity contribution in [1.29, 1.82) is 0 Å². The van der Waals surface area contributed by atoms with Crippen molar-refractivity contribution in [2.45, 2.75) is 26.4 Å². The van der Waals surface area contributed by atoms with Crippen molar-refractivity contribution in [2.24, 2.45) is 9.98 Å². The SMILES string of the molecule is CC(C)OC(=O)CC1=NC(=O)N=C1. The minimum Gasteiger partial charge on any atom is -0.463 e. The van der Waals surface area contributed by atoms with E-state index in [9.17, 15) is 9.59 Å². The number of esters is 1. The van der Waals surface area contributed by atoms with Gasteiger partial charge in [0.15, 0.2) is 0 Å². The maximum absolute atomic E-state index is 11.0. The van der Waals surface area contributed by atoms with Crippen LogP contribution in [0.4, 0.5) is 4.79 Å². The first-order chi connectivity index (χ1) is 6.08. The van der Waals surface area contributed by atoms with E-state index < -0.39 is 12.0 Å². The van der Waals surface area contributed by atoms with E-state index in [-0.39, 0.29) is 12.5 Å². The summed E-state index contributed by atoms with van der Waals surface area (Å²) in [7, 11) is 0. The Kier molecular flexibility index (Phi) is 2.89. The van der Waals surface area contributed by atoms with Gasteiger partial charge in [-0.2, -0.15) is 9.98 Å². The van der Waals surface area contributed by atoms with Gasteiger partial charge in [0.2, 0.25) is 0 Å². The van der Waals surface area contributed by atoms with E-state index in [1.54, 1.807) is 13.8 Å². The number of urea groups is 1. The Bertz CT molecular complexity index is 292. The van der Waals surface area contributed by atoms with Crippen LogP contribution in [0.3, 0.4) is 0 Å². The Morgan fingerprint density at radius 2 is 2.31 bits per heavy atom. The molecule has 1 aliphatic rings. The van der Waals surface area contributed by atoms with Crippen LogP contribution in [0.1, 0.15) is 20.3 Å². The van der Waals surface area contributed by atoms with E-state index in [1.807, 2.05) is 0 Å². The topological polar surface area (TPSA) is 68.1 Å². The average molecular weight is 182 g/mol. The first kappa shape index (κ1) is 9.57. The van der Waals surface area contributed by atoms with Crippen LogP contribution < -0.4 is 0 Å². The number of hydrogen-bond donors (Lipinski definition) is 0. The number of amides is 2. The van der Waals surface area contributed by atoms with Gasteiger partial charge in [0.25, 0.3) is 0 Å². The molecule has 2 amide bonds. The molecule has 5 heteroatoms. The molecule has 0 bridgehead atoms. The van der Waals surface area contributed by atoms with Gasteiger partial charge in [-0.3, -0.25) is 4.79 Å². The van der Waals surface area contributed by atoms with E-state index in [1.165, 1.54) is 6.21 Å². The van der Waals surface area contributed by atoms with E-state index in [0.717, 1.165) is 0 Å². The van der Waals surface area contributed by atoms with Crippen LogP contribution in [0.5, 0.6) is 0 Å². The normalized spacial score (nSPS) is 15.0. The molecule has 1 aliphatic heterocycles. The maximum Gasteiger partial charge on any atom is 0.367 e. The molecule has 0 saturated carbocycles. The molecule has 0 radical (unpaired) electrons. The predicted molar refractivity (Wildman–Crippen MR) is 47.2 cm³/mol. The second-order valence-electron chi connectivity index (χ2n) is 2.86. The Morgan fingerprint density at radius 1 is 1.62 bits per heavy atom. The molecule has 0 N–H and O–H groups in total. The summed E-state index contributed by atoms with van der Waals surface area (Å²) in [4.78, 5) is 28.4. The highest BCUT2D eigenvalue weighted by Gasteiger charge is 2.13. The van der Waals surface area contributed by atoms with Crippen molar-refractivity contribution in [2.75, 3.05) is 0 Å². The molecule has 0 aromatic heterocycles. The Morgan fingerprint density at radius 3 is 2.77 bits per heavy atom. The second kappa shape index (κ2) is 3.93. The molecule has 5 nitrogen and oxygen atoms in total. The highest BCUT2D eigenvalue weighted by Crippen LogP contribution is 1.99. The third kappa shape index (κ3) is 3.14. The predicted octanol–water partition coefficient (Wildman–Crippen LogP) is 0.974. The van der Waals surface area contributed by atoms with Crippen LogP contribution >= 0.6 is 0 Å². The Balaban J connectivity index is 2.42. The molecule has 1 rings (SSSR count). The van der Waals surface area contributed by atoms with E-state index in [4.69, 9.17) is 4.74 Å². The number of ether oxygens (including phenoxy) is 1. The maximum atomic E-state index is 11.0. The molecule has 0 aliphatic carbocycles. The van der Waals surface area contributed by atoms with Crippen LogP contribution in [0.25, 0.3) is 0 Å². The zero-order valence-corrected chi connectivity index (χ0v) is 7.48. The quantitative estimate of drug-likeness (QED) is 0.611. The van der Waals surface area contributed by atoms with Gasteiger partial charge in [0, 0.05) is 0 Å². The first-order valence-electron chi connectivity index (χ1n) is 3.93. The first-order valence-corrected chi connectivity index (χ1v) is 3.93. The third-order valence-electron chi connectivity index (χ3n) is 1.26. The zero-order chi connectivity index (χ0) is 9.84. The van der Waals surface area contributed by atoms with Gasteiger partial charge in [0.05, 0.1) is 24.5 Å². The van der Waals surface area contributed by atoms with Gasteiger partial charge < -0.3 is 4.74 Å². The fraction of sp³-hybridized carbons (Fsp3) is 0.500. The lowest BCUT2D eigenvalue weighted by Crippen LogP contribution is -2.15. The molecule has 0 atom stereocenters. The summed E-state index contributed by atoms with van der Waals surface area (Å²) in [6.45, 7) is 3.52. The van der Waals surface area contributed by atoms with Gasteiger partial charge in [-0.25, -0.2) is 4.79 Å². The number of nitrogens with zero attached hydrogens (tertiary/aromatic N) is 2. The molecule has 0 unspecified atom stereocenters. The lowest BCUT2D eigenvalue weighted by molar-refractivity contribution is -0.145. The number of aliphatic imine (C=N–C) groups is 2. The average Bonchev–Trinajstić information content (AvgIpc) is 2.33. The number of carbonyl (C=O) groups excluding carboxylic acids is 2. The van der Waals surface area contributed by atoms with Crippen LogP contribution in [0.2, 0.25) is 0 Å². The highest BCUT2D eigenvalue weighted by atomic mass is 16.5. The molecule has 1 heterocycles. The number of hydrogen-bond acceptors (Lipinski definition) is 3. The molecular weight excluding hydrogens is 172 g/mol. The van der Waals surface area contributed by atoms with E-state index in [2.05, 4.69) is 9.98 Å². The Labute approximate surface area is 75.5 Å². The molecule has 0 spiro atoms. The fourth-order valence-corrected chi connectivity index (χ4v) is 0.848. The fourth-order valence-electron chi connectivity index (χ4n) is 0.848. The van der Waals surface area contributed by atoms with Crippen LogP contribution in [0.15, 0.2) is 9.98 Å². The molecule has 0 fully saturated rings. The van der Waals surface area contributed by atoms with Crippen LogP contribution in [-0.2, 0) is 9.53 Å². The van der Waals surface area contributed by atoms with Crippen molar-refractivity contribution < 1.29 is 14.3 Å². The standard InChI is InChI=1S/C8H10N2O3/c1-5(2)13-7(11)3-6-4-9-8(12)10-6/h4-5H,3H2,1-2H3. The summed E-state index contributed by atoms with van der Waals surface area (Å²) in [5, 5.41) is 0. The highest BCUT2D eigenvalue weighted by molar-refractivity contribution is 6.40. The van der Waals surface area contributed by atoms with E-state index >= 15 is 0 Å². The summed E-state index contributed by atoms with van der Waals surface area (Å²) in [5.41, 5.74) is 0.357. The minimum absolute atomic E-state index is 0.00736. The lowest BCUT2D eigenvalue weighted by atomic mass is 10.3. The second-order valence-corrected chi connectivity index (χ2v) is 2.86. The monoisotopic (exact) mass is 182 g/mol. The molecule has 0 aromatic carbocycles. The van der Waals surface area contributed by atoms with Crippen molar-refractivity contribution in [3.05, 3.63) is 0 Å². The van der Waals surface area contributed by atoms with Crippen molar-refractivity contribution in [3.8, 4) is 0 Å². The lowest BCUT2D eigenvalue weighted by Gasteiger charge is -2.05. The van der Waals surface area contributed by atoms with Gasteiger partial charge in [-0.1, -0.05) is 0 Å². The van der Waals surface area contributed by atoms with Crippen molar-refractivity contribution in [3.63, 3.8) is 0 Å². The Hall–Kier alpha value is -1.52. The minimum atomic E-state index is -0.563. The van der Waals surface area contributed by atoms with E-state index in [0.29, 0.717) is 5.71 Å². The van der Waals surface area contributed by atoms with Crippen LogP contribution in [-0.4, -0.2) is 30.0 Å². The molecule has 70 valence electrons. The molecular formula is C8H10N2O3. The summed E-state index contributed by atoms with van der Waals surface area (Å²) in [6, 6.07) is -0.563. The number of rotatable bonds is 3. The summed E-state index contributed by atoms with van der Waals surface area (Å²) in [6.07, 6.45) is 1.14. The third-order valence-corrected chi connectivity index (χ3v) is 1.26. The van der Waals surface area contributed by atoms with Gasteiger partial charge in [-0.15, -0.1) is 0 Å². The van der Waals surface area contributed by atoms with Gasteiger partial charge in [-0.05, 0) is 13.8 Å². The molecule has 0 saturated heterocycles. The van der Waals surface area contributed by atoms with Crippen molar-refractivity contribution >= 4 is 23.9 Å². The summed E-state index contributed by atoms with van der Waals surface area (Å²) < 4.78 is 4.85. The van der Waals surface area contributed by atoms with Crippen molar-refractivity contribution in [1.82, 2.24) is 0 Å². The number of carbonyl (C=O) groups is 2. The zero-order valence-electron chi connectivity index (χ0n) is 7.48. The largest absolute Gasteiger partial charge is 0.463 e. The van der Waals surface area contributed by atoms with Gasteiger partial charge in [0.1, 0.15) is 0 Å². The summed E-state index contributed by atoms with van der Waals surface area (Å²) in [5.74, 6) is -0.394. The van der Waals surface area contributed by atoms with Gasteiger partial charge >= 0.3 is 12.0 Å².